The van der Waals surface area contributed by atoms with Crippen LogP contribution in [0.4, 0.5) is 4.39 Å². The van der Waals surface area contributed by atoms with Crippen molar-refractivity contribution in [1.82, 2.24) is 10.6 Å². The Morgan fingerprint density at radius 1 is 1.38 bits per heavy atom. The van der Waals surface area contributed by atoms with Crippen LogP contribution in [0.5, 0.6) is 5.75 Å². The summed E-state index contributed by atoms with van der Waals surface area (Å²) in [5.41, 5.74) is 0. The number of hydrogen-bond donors (Lipinski definition) is 2. The Balaban J connectivity index is 1.54. The highest BCUT2D eigenvalue weighted by Gasteiger charge is 2.15. The van der Waals surface area contributed by atoms with Crippen LogP contribution in [0.3, 0.4) is 0 Å². The van der Waals surface area contributed by atoms with E-state index in [4.69, 9.17) is 14.2 Å². The molecule has 2 rings (SSSR count). The molecule has 0 bridgehead atoms. The minimum absolute atomic E-state index is 0.194. The Bertz CT molecular complexity index is 551. The van der Waals surface area contributed by atoms with Crippen LogP contribution in [0.1, 0.15) is 26.2 Å². The minimum atomic E-state index is -0.357. The van der Waals surface area contributed by atoms with Gasteiger partial charge in [0, 0.05) is 26.8 Å². The van der Waals surface area contributed by atoms with E-state index in [2.05, 4.69) is 15.6 Å². The van der Waals surface area contributed by atoms with E-state index in [1.807, 2.05) is 6.92 Å². The molecule has 1 aromatic rings. The second kappa shape index (κ2) is 11.7. The van der Waals surface area contributed by atoms with Crippen molar-refractivity contribution < 1.29 is 18.6 Å². The Morgan fingerprint density at radius 3 is 2.96 bits per heavy atom. The van der Waals surface area contributed by atoms with Gasteiger partial charge in [-0.15, -0.1) is 0 Å². The van der Waals surface area contributed by atoms with Crippen LogP contribution >= 0.6 is 0 Å². The number of benzene rings is 1. The fourth-order valence-corrected chi connectivity index (χ4v) is 2.63. The summed E-state index contributed by atoms with van der Waals surface area (Å²) in [5, 5.41) is 6.40. The number of guanidine groups is 1. The van der Waals surface area contributed by atoms with Crippen molar-refractivity contribution in [3.8, 4) is 5.75 Å². The van der Waals surface area contributed by atoms with Crippen molar-refractivity contribution in [2.24, 2.45) is 4.99 Å². The van der Waals surface area contributed by atoms with Crippen molar-refractivity contribution in [2.75, 3.05) is 40.0 Å². The Hall–Kier alpha value is -1.86. The van der Waals surface area contributed by atoms with Gasteiger partial charge in [-0.1, -0.05) is 12.1 Å². The minimum Gasteiger partial charge on any atom is -0.486 e. The third kappa shape index (κ3) is 7.58. The van der Waals surface area contributed by atoms with Crippen LogP contribution in [-0.2, 0) is 9.47 Å². The van der Waals surface area contributed by atoms with Crippen LogP contribution in [0.15, 0.2) is 29.3 Å². The summed E-state index contributed by atoms with van der Waals surface area (Å²) in [6.07, 6.45) is 3.20. The molecule has 7 heteroatoms. The lowest BCUT2D eigenvalue weighted by Gasteiger charge is -2.18. The zero-order chi connectivity index (χ0) is 18.6. The van der Waals surface area contributed by atoms with Gasteiger partial charge in [-0.2, -0.15) is 0 Å². The largest absolute Gasteiger partial charge is 0.486 e. The van der Waals surface area contributed by atoms with Gasteiger partial charge in [0.05, 0.1) is 19.3 Å². The molecule has 0 radical (unpaired) electrons. The standard InChI is InChI=1S/C19H30FN3O3/c1-15(26-18-9-4-3-8-17(18)20)13-23-19(21-2)22-10-6-11-24-14-16-7-5-12-25-16/h3-4,8-9,15-16H,5-7,10-14H2,1-2H3,(H2,21,22,23). The van der Waals surface area contributed by atoms with Gasteiger partial charge in [0.25, 0.3) is 0 Å². The molecule has 0 aromatic heterocycles. The average molecular weight is 367 g/mol. The number of para-hydroxylation sites is 1. The first-order chi connectivity index (χ1) is 12.7. The number of aliphatic imine (C=N–C) groups is 1. The summed E-state index contributed by atoms with van der Waals surface area (Å²) in [7, 11) is 1.71. The number of ether oxygens (including phenoxy) is 3. The molecule has 1 saturated heterocycles. The average Bonchev–Trinajstić information content (AvgIpc) is 3.16. The van der Waals surface area contributed by atoms with Gasteiger partial charge in [-0.3, -0.25) is 4.99 Å². The van der Waals surface area contributed by atoms with Gasteiger partial charge < -0.3 is 24.8 Å². The monoisotopic (exact) mass is 367 g/mol. The highest BCUT2D eigenvalue weighted by molar-refractivity contribution is 5.79. The summed E-state index contributed by atoms with van der Waals surface area (Å²) in [4.78, 5) is 4.17. The van der Waals surface area contributed by atoms with E-state index in [1.165, 1.54) is 6.07 Å². The number of nitrogens with one attached hydrogen (secondary N) is 2. The maximum Gasteiger partial charge on any atom is 0.191 e. The molecule has 6 nitrogen and oxygen atoms in total. The predicted molar refractivity (Wildman–Crippen MR) is 100 cm³/mol. The lowest BCUT2D eigenvalue weighted by atomic mass is 10.2. The van der Waals surface area contributed by atoms with Crippen LogP contribution in [0.25, 0.3) is 0 Å². The van der Waals surface area contributed by atoms with E-state index in [9.17, 15) is 4.39 Å². The second-order valence-corrected chi connectivity index (χ2v) is 6.30. The topological polar surface area (TPSA) is 64.1 Å². The fraction of sp³-hybridized carbons (Fsp3) is 0.632. The van der Waals surface area contributed by atoms with E-state index in [1.54, 1.807) is 25.2 Å². The highest BCUT2D eigenvalue weighted by Crippen LogP contribution is 2.16. The molecular weight excluding hydrogens is 337 g/mol. The molecule has 0 saturated carbocycles. The molecule has 1 fully saturated rings. The zero-order valence-corrected chi connectivity index (χ0v) is 15.7. The van der Waals surface area contributed by atoms with Crippen molar-refractivity contribution in [3.63, 3.8) is 0 Å². The van der Waals surface area contributed by atoms with Crippen molar-refractivity contribution >= 4 is 5.96 Å². The quantitative estimate of drug-likeness (QED) is 0.378. The van der Waals surface area contributed by atoms with E-state index in [0.717, 1.165) is 32.4 Å². The SMILES string of the molecule is CN=C(NCCCOCC1CCCO1)NCC(C)Oc1ccccc1F. The van der Waals surface area contributed by atoms with E-state index < -0.39 is 0 Å². The molecule has 1 aliphatic heterocycles. The summed E-state index contributed by atoms with van der Waals surface area (Å²) < 4.78 is 30.3. The maximum atomic E-state index is 13.6. The molecule has 1 heterocycles. The fourth-order valence-electron chi connectivity index (χ4n) is 2.63. The molecule has 0 amide bonds. The van der Waals surface area contributed by atoms with Gasteiger partial charge in [0.2, 0.25) is 0 Å². The third-order valence-electron chi connectivity index (χ3n) is 4.03. The smallest absolute Gasteiger partial charge is 0.191 e. The molecule has 0 aliphatic carbocycles. The van der Waals surface area contributed by atoms with Crippen molar-refractivity contribution in [3.05, 3.63) is 30.1 Å². The summed E-state index contributed by atoms with van der Waals surface area (Å²) in [5.74, 6) is 0.589. The molecule has 1 aromatic carbocycles. The van der Waals surface area contributed by atoms with E-state index >= 15 is 0 Å². The summed E-state index contributed by atoms with van der Waals surface area (Å²) >= 11 is 0. The van der Waals surface area contributed by atoms with Gasteiger partial charge in [-0.25, -0.2) is 4.39 Å². The van der Waals surface area contributed by atoms with Gasteiger partial charge >= 0.3 is 0 Å². The molecule has 2 unspecified atom stereocenters. The molecular formula is C19H30FN3O3. The predicted octanol–water partition coefficient (Wildman–Crippen LogP) is 2.34. The third-order valence-corrected chi connectivity index (χ3v) is 4.03. The second-order valence-electron chi connectivity index (χ2n) is 6.30. The zero-order valence-electron chi connectivity index (χ0n) is 15.7. The number of nitrogens with zero attached hydrogens (tertiary/aromatic N) is 1. The first-order valence-electron chi connectivity index (χ1n) is 9.24. The maximum absolute atomic E-state index is 13.6. The van der Waals surface area contributed by atoms with Crippen molar-refractivity contribution in [1.29, 1.82) is 0 Å². The first kappa shape index (κ1) is 20.5. The van der Waals surface area contributed by atoms with Gasteiger partial charge in [-0.05, 0) is 38.3 Å². The van der Waals surface area contributed by atoms with Crippen LogP contribution in [0.2, 0.25) is 0 Å². The number of rotatable bonds is 10. The molecule has 2 atom stereocenters. The Kier molecular flexibility index (Phi) is 9.20. The van der Waals surface area contributed by atoms with Crippen LogP contribution in [-0.4, -0.2) is 58.1 Å². The molecule has 2 N–H and O–H groups in total. The lowest BCUT2D eigenvalue weighted by Crippen LogP contribution is -2.42. The normalized spacial score (nSPS) is 18.6. The first-order valence-corrected chi connectivity index (χ1v) is 9.24. The summed E-state index contributed by atoms with van der Waals surface area (Å²) in [6, 6.07) is 6.40. The Morgan fingerprint density at radius 2 is 2.23 bits per heavy atom. The van der Waals surface area contributed by atoms with Crippen LogP contribution in [0, 0.1) is 5.82 Å². The molecule has 146 valence electrons. The molecule has 26 heavy (non-hydrogen) atoms. The van der Waals surface area contributed by atoms with E-state index in [0.29, 0.717) is 25.7 Å². The van der Waals surface area contributed by atoms with Gasteiger partial charge in [0.15, 0.2) is 17.5 Å². The van der Waals surface area contributed by atoms with Gasteiger partial charge in [0.1, 0.15) is 6.10 Å². The lowest BCUT2D eigenvalue weighted by molar-refractivity contribution is 0.0168. The van der Waals surface area contributed by atoms with Crippen molar-refractivity contribution in [2.45, 2.75) is 38.4 Å². The highest BCUT2D eigenvalue weighted by atomic mass is 19.1. The summed E-state index contributed by atoms with van der Waals surface area (Å²) in [6.45, 7) is 5.38. The van der Waals surface area contributed by atoms with Crippen LogP contribution < -0.4 is 15.4 Å². The number of halogens is 1. The van der Waals surface area contributed by atoms with E-state index in [-0.39, 0.29) is 23.8 Å². The Labute approximate surface area is 155 Å². The molecule has 0 spiro atoms. The molecule has 1 aliphatic rings. The number of hydrogen-bond acceptors (Lipinski definition) is 4.